The number of hydrogen-bond acceptors (Lipinski definition) is 5. The van der Waals surface area contributed by atoms with Gasteiger partial charge in [0.15, 0.2) is 0 Å². The van der Waals surface area contributed by atoms with Gasteiger partial charge in [0.25, 0.3) is 11.5 Å². The zero-order chi connectivity index (χ0) is 22.7. The van der Waals surface area contributed by atoms with Crippen molar-refractivity contribution in [3.05, 3.63) is 68.5 Å². The molecule has 0 saturated heterocycles. The standard InChI is InChI=1S/C21H24N6O4/c1-12(2)23-20(30)24-14-7-5-13(6-8-14)11-22-18(28)16-10-9-15-17(25-16)26(3)21(31)27(4)19(15)29/h5-10,12H,11H2,1-4H3,(H,22,28)(H2,23,24,30). The second-order valence-corrected chi connectivity index (χ2v) is 7.41. The first-order valence-electron chi connectivity index (χ1n) is 9.69. The van der Waals surface area contributed by atoms with E-state index in [0.29, 0.717) is 5.69 Å². The summed E-state index contributed by atoms with van der Waals surface area (Å²) in [6.07, 6.45) is 0. The average Bonchev–Trinajstić information content (AvgIpc) is 2.74. The van der Waals surface area contributed by atoms with Crippen molar-refractivity contribution in [1.82, 2.24) is 24.8 Å². The molecule has 0 unspecified atom stereocenters. The first-order chi connectivity index (χ1) is 14.7. The number of rotatable bonds is 5. The van der Waals surface area contributed by atoms with Gasteiger partial charge in [0, 0.05) is 32.4 Å². The molecule has 31 heavy (non-hydrogen) atoms. The van der Waals surface area contributed by atoms with Gasteiger partial charge in [-0.05, 0) is 43.7 Å². The molecule has 0 fully saturated rings. The minimum absolute atomic E-state index is 0.0311. The summed E-state index contributed by atoms with van der Waals surface area (Å²) in [5.41, 5.74) is 0.721. The summed E-state index contributed by atoms with van der Waals surface area (Å²) >= 11 is 0. The van der Waals surface area contributed by atoms with Crippen molar-refractivity contribution in [2.24, 2.45) is 14.1 Å². The zero-order valence-electron chi connectivity index (χ0n) is 17.7. The molecule has 0 bridgehead atoms. The van der Waals surface area contributed by atoms with Crippen LogP contribution in [0.15, 0.2) is 46.0 Å². The van der Waals surface area contributed by atoms with Crippen LogP contribution < -0.4 is 27.2 Å². The van der Waals surface area contributed by atoms with Gasteiger partial charge in [-0.25, -0.2) is 14.6 Å². The topological polar surface area (TPSA) is 127 Å². The Kier molecular flexibility index (Phi) is 6.19. The molecule has 0 saturated carbocycles. The second kappa shape index (κ2) is 8.82. The van der Waals surface area contributed by atoms with Crippen molar-refractivity contribution in [3.63, 3.8) is 0 Å². The number of benzene rings is 1. The highest BCUT2D eigenvalue weighted by atomic mass is 16.2. The Labute approximate surface area is 177 Å². The third-order valence-electron chi connectivity index (χ3n) is 4.62. The molecule has 0 atom stereocenters. The predicted molar refractivity (Wildman–Crippen MR) is 117 cm³/mol. The Morgan fingerprint density at radius 2 is 1.68 bits per heavy atom. The minimum atomic E-state index is -0.515. The van der Waals surface area contributed by atoms with E-state index in [4.69, 9.17) is 0 Å². The molecule has 0 aliphatic heterocycles. The maximum atomic E-state index is 12.5. The van der Waals surface area contributed by atoms with Crippen molar-refractivity contribution >= 4 is 28.7 Å². The Morgan fingerprint density at radius 3 is 2.32 bits per heavy atom. The van der Waals surface area contributed by atoms with E-state index in [-0.39, 0.29) is 35.3 Å². The van der Waals surface area contributed by atoms with E-state index in [1.54, 1.807) is 24.3 Å². The lowest BCUT2D eigenvalue weighted by Crippen LogP contribution is -2.37. The number of aromatic nitrogens is 3. The molecule has 3 N–H and O–H groups in total. The monoisotopic (exact) mass is 424 g/mol. The van der Waals surface area contributed by atoms with E-state index in [1.807, 2.05) is 13.8 Å². The summed E-state index contributed by atoms with van der Waals surface area (Å²) in [6.45, 7) is 3.98. The number of aryl methyl sites for hydroxylation is 1. The van der Waals surface area contributed by atoms with E-state index in [2.05, 4.69) is 20.9 Å². The zero-order valence-corrected chi connectivity index (χ0v) is 17.7. The number of hydrogen-bond donors (Lipinski definition) is 3. The van der Waals surface area contributed by atoms with E-state index in [1.165, 1.54) is 30.8 Å². The average molecular weight is 424 g/mol. The quantitative estimate of drug-likeness (QED) is 0.565. The van der Waals surface area contributed by atoms with Crippen molar-refractivity contribution in [2.45, 2.75) is 26.4 Å². The largest absolute Gasteiger partial charge is 0.347 e. The van der Waals surface area contributed by atoms with Crippen molar-refractivity contribution < 1.29 is 9.59 Å². The number of fused-ring (bicyclic) bond motifs is 1. The Morgan fingerprint density at radius 1 is 1.00 bits per heavy atom. The molecule has 0 radical (unpaired) electrons. The highest BCUT2D eigenvalue weighted by Gasteiger charge is 2.14. The lowest BCUT2D eigenvalue weighted by atomic mass is 10.2. The van der Waals surface area contributed by atoms with Crippen LogP contribution in [0.3, 0.4) is 0 Å². The van der Waals surface area contributed by atoms with Crippen LogP contribution in [0.1, 0.15) is 29.9 Å². The fraction of sp³-hybridized carbons (Fsp3) is 0.286. The van der Waals surface area contributed by atoms with Crippen molar-refractivity contribution in [2.75, 3.05) is 5.32 Å². The van der Waals surface area contributed by atoms with E-state index >= 15 is 0 Å². The number of urea groups is 1. The first-order valence-corrected chi connectivity index (χ1v) is 9.69. The van der Waals surface area contributed by atoms with E-state index in [0.717, 1.165) is 10.1 Å². The van der Waals surface area contributed by atoms with Crippen LogP contribution in [0.25, 0.3) is 11.0 Å². The van der Waals surface area contributed by atoms with Crippen LogP contribution in [0, 0.1) is 0 Å². The van der Waals surface area contributed by atoms with Crippen LogP contribution in [0.2, 0.25) is 0 Å². The maximum absolute atomic E-state index is 12.5. The van der Waals surface area contributed by atoms with Gasteiger partial charge in [-0.3, -0.25) is 18.7 Å². The number of anilines is 1. The molecular formula is C21H24N6O4. The molecule has 3 amide bonds. The number of carbonyl (C=O) groups is 2. The van der Waals surface area contributed by atoms with E-state index in [9.17, 15) is 19.2 Å². The van der Waals surface area contributed by atoms with Crippen LogP contribution in [-0.4, -0.2) is 32.1 Å². The summed E-state index contributed by atoms with van der Waals surface area (Å²) in [5, 5.41) is 8.47. The lowest BCUT2D eigenvalue weighted by Gasteiger charge is -2.11. The third kappa shape index (κ3) is 4.80. The number of nitrogens with one attached hydrogen (secondary N) is 3. The molecule has 2 aromatic heterocycles. The molecule has 0 aliphatic rings. The minimum Gasteiger partial charge on any atom is -0.347 e. The van der Waals surface area contributed by atoms with Gasteiger partial charge in [0.05, 0.1) is 5.39 Å². The second-order valence-electron chi connectivity index (χ2n) is 7.41. The fourth-order valence-corrected chi connectivity index (χ4v) is 2.99. The Hall–Kier alpha value is -3.95. The van der Waals surface area contributed by atoms with Crippen molar-refractivity contribution in [3.8, 4) is 0 Å². The highest BCUT2D eigenvalue weighted by Crippen LogP contribution is 2.10. The normalized spacial score (nSPS) is 10.9. The number of nitrogens with zero attached hydrogens (tertiary/aromatic N) is 3. The lowest BCUT2D eigenvalue weighted by molar-refractivity contribution is 0.0946. The summed E-state index contributed by atoms with van der Waals surface area (Å²) in [4.78, 5) is 52.8. The fourth-order valence-electron chi connectivity index (χ4n) is 2.99. The SMILES string of the molecule is CC(C)NC(=O)Nc1ccc(CNC(=O)c2ccc3c(=O)n(C)c(=O)n(C)c3n2)cc1. The first kappa shape index (κ1) is 21.8. The highest BCUT2D eigenvalue weighted by molar-refractivity contribution is 5.94. The van der Waals surface area contributed by atoms with Crippen LogP contribution in [-0.2, 0) is 20.6 Å². The molecule has 10 nitrogen and oxygen atoms in total. The number of pyridine rings is 1. The van der Waals surface area contributed by atoms with Gasteiger partial charge in [0.1, 0.15) is 11.3 Å². The van der Waals surface area contributed by atoms with Crippen LogP contribution in [0.4, 0.5) is 10.5 Å². The number of carbonyl (C=O) groups excluding carboxylic acids is 2. The summed E-state index contributed by atoms with van der Waals surface area (Å²) in [6, 6.07) is 9.72. The molecule has 10 heteroatoms. The van der Waals surface area contributed by atoms with Crippen molar-refractivity contribution in [1.29, 1.82) is 0 Å². The van der Waals surface area contributed by atoms with Crippen LogP contribution >= 0.6 is 0 Å². The predicted octanol–water partition coefficient (Wildman–Crippen LogP) is 1.09. The van der Waals surface area contributed by atoms with Gasteiger partial charge in [-0.15, -0.1) is 0 Å². The van der Waals surface area contributed by atoms with Crippen LogP contribution in [0.5, 0.6) is 0 Å². The van der Waals surface area contributed by atoms with Gasteiger partial charge >= 0.3 is 11.7 Å². The summed E-state index contributed by atoms with van der Waals surface area (Å²) in [5.74, 6) is -0.437. The summed E-state index contributed by atoms with van der Waals surface area (Å²) < 4.78 is 2.23. The molecule has 0 aliphatic carbocycles. The molecule has 162 valence electrons. The smallest absolute Gasteiger partial charge is 0.332 e. The van der Waals surface area contributed by atoms with Gasteiger partial charge in [-0.2, -0.15) is 0 Å². The van der Waals surface area contributed by atoms with Gasteiger partial charge < -0.3 is 16.0 Å². The van der Waals surface area contributed by atoms with Gasteiger partial charge in [0.2, 0.25) is 0 Å². The molecule has 3 rings (SSSR count). The third-order valence-corrected chi connectivity index (χ3v) is 4.62. The van der Waals surface area contributed by atoms with Gasteiger partial charge in [-0.1, -0.05) is 12.1 Å². The Balaban J connectivity index is 1.69. The maximum Gasteiger partial charge on any atom is 0.332 e. The molecule has 2 heterocycles. The molecular weight excluding hydrogens is 400 g/mol. The summed E-state index contributed by atoms with van der Waals surface area (Å²) in [7, 11) is 2.89. The Bertz CT molecular complexity index is 1260. The number of amides is 3. The molecule has 0 spiro atoms. The van der Waals surface area contributed by atoms with E-state index < -0.39 is 17.2 Å². The molecule has 1 aromatic carbocycles. The molecule has 3 aromatic rings.